The molecule has 0 N–H and O–H groups in total. The summed E-state index contributed by atoms with van der Waals surface area (Å²) in [7, 11) is 1.15. The summed E-state index contributed by atoms with van der Waals surface area (Å²) >= 11 is 0. The summed E-state index contributed by atoms with van der Waals surface area (Å²) in [6.45, 7) is 4.19. The highest BCUT2D eigenvalue weighted by atomic mass is 19.4. The molecule has 0 radical (unpaired) electrons. The number of piperidine rings is 1. The zero-order valence-corrected chi connectivity index (χ0v) is 23.4. The van der Waals surface area contributed by atoms with Gasteiger partial charge < -0.3 is 19.7 Å². The van der Waals surface area contributed by atoms with Crippen LogP contribution in [0, 0.1) is 11.2 Å². The first-order valence-corrected chi connectivity index (χ1v) is 13.1. The van der Waals surface area contributed by atoms with Crippen LogP contribution in [0.4, 0.5) is 39.9 Å². The van der Waals surface area contributed by atoms with Crippen molar-refractivity contribution >= 4 is 12.0 Å². The minimum Gasteiger partial charge on any atom is -0.530 e. The molecule has 1 saturated heterocycles. The predicted molar refractivity (Wildman–Crippen MR) is 135 cm³/mol. The summed E-state index contributed by atoms with van der Waals surface area (Å²) < 4.78 is 111. The number of amides is 2. The molecule has 0 aromatic heterocycles. The third-order valence-electron chi connectivity index (χ3n) is 7.50. The van der Waals surface area contributed by atoms with E-state index < -0.39 is 82.9 Å². The third kappa shape index (κ3) is 7.33. The summed E-state index contributed by atoms with van der Waals surface area (Å²) in [4.78, 5) is 27.2. The fourth-order valence-electron chi connectivity index (χ4n) is 5.86. The summed E-state index contributed by atoms with van der Waals surface area (Å²) in [6, 6.07) is 4.29. The van der Waals surface area contributed by atoms with Crippen LogP contribution < -0.4 is 5.11 Å². The Labute approximate surface area is 238 Å². The molecule has 1 fully saturated rings. The van der Waals surface area contributed by atoms with E-state index in [1.807, 2.05) is 0 Å². The van der Waals surface area contributed by atoms with Crippen molar-refractivity contribution in [1.29, 1.82) is 0 Å². The molecule has 1 heterocycles. The number of carbonyl (C=O) groups excluding carboxylic acids is 2. The molecule has 2 aromatic carbocycles. The van der Waals surface area contributed by atoms with E-state index >= 15 is 4.39 Å². The van der Waals surface area contributed by atoms with Crippen molar-refractivity contribution < 1.29 is 49.8 Å². The van der Waals surface area contributed by atoms with Gasteiger partial charge in [0.15, 0.2) is 0 Å². The van der Waals surface area contributed by atoms with Crippen LogP contribution in [0.3, 0.4) is 0 Å². The van der Waals surface area contributed by atoms with Gasteiger partial charge in [0.25, 0.3) is 0 Å². The number of carbonyl (C=O) groups is 2. The molecule has 0 bridgehead atoms. The van der Waals surface area contributed by atoms with Crippen LogP contribution in [0.1, 0.15) is 68.2 Å². The quantitative estimate of drug-likeness (QED) is 0.350. The second-order valence-corrected chi connectivity index (χ2v) is 11.7. The number of benzene rings is 2. The van der Waals surface area contributed by atoms with Gasteiger partial charge in [0, 0.05) is 32.5 Å². The number of hydrogen-bond acceptors (Lipinski definition) is 3. The Bertz CT molecular complexity index is 1260. The van der Waals surface area contributed by atoms with E-state index in [-0.39, 0.29) is 31.0 Å². The largest absolute Gasteiger partial charge is 0.530 e. The first kappa shape index (κ1) is 33.1. The summed E-state index contributed by atoms with van der Waals surface area (Å²) in [6.07, 6.45) is -12.5. The van der Waals surface area contributed by atoms with E-state index in [9.17, 15) is 45.4 Å². The summed E-state index contributed by atoms with van der Waals surface area (Å²) in [5.74, 6) is -2.82. The van der Waals surface area contributed by atoms with Gasteiger partial charge in [-0.2, -0.15) is 26.3 Å². The van der Waals surface area contributed by atoms with E-state index in [0.29, 0.717) is 12.1 Å². The van der Waals surface area contributed by atoms with Gasteiger partial charge in [-0.1, -0.05) is 32.9 Å². The fourth-order valence-corrected chi connectivity index (χ4v) is 5.86. The lowest BCUT2D eigenvalue weighted by Gasteiger charge is -2.55. The Morgan fingerprint density at radius 3 is 1.98 bits per heavy atom. The van der Waals surface area contributed by atoms with E-state index in [1.54, 1.807) is 20.8 Å². The number of likely N-dealkylation sites (tertiary alicyclic amines) is 1. The SMILES string of the molecule is CN(Cc1cc(C(F)(F)F)cc(C(F)(F)F)c1)C(=O)CC(c1ccc(F)cc1)C1(F)CCCN(C(=O)[O-])C1C(C)(C)C. The maximum atomic E-state index is 17.4. The molecule has 42 heavy (non-hydrogen) atoms. The van der Waals surface area contributed by atoms with Gasteiger partial charge in [0.1, 0.15) is 17.6 Å². The number of carboxylic acid groups (broad SMARTS) is 1. The lowest BCUT2D eigenvalue weighted by atomic mass is 9.64. The van der Waals surface area contributed by atoms with Crippen LogP contribution in [0.5, 0.6) is 0 Å². The van der Waals surface area contributed by atoms with E-state index in [1.165, 1.54) is 12.1 Å². The Hall–Kier alpha value is -3.38. The molecule has 3 atom stereocenters. The molecule has 232 valence electrons. The van der Waals surface area contributed by atoms with Gasteiger partial charge in [-0.25, -0.2) is 8.78 Å². The molecule has 2 amide bonds. The first-order chi connectivity index (χ1) is 19.1. The second-order valence-electron chi connectivity index (χ2n) is 11.7. The standard InChI is InChI=1S/C29H32F8N2O3/c1-26(2,3)24-27(31,10-5-11-39(24)25(41)42)22(18-6-8-21(30)9-7-18)15-23(40)38(4)16-17-12-19(28(32,33)34)14-20(13-17)29(35,36)37/h6-9,12-14,22,24H,5,10-11,15-16H2,1-4H3,(H,41,42)/p-1. The fraction of sp³-hybridized carbons (Fsp3) is 0.517. The minimum absolute atomic E-state index is 0.0169. The maximum absolute atomic E-state index is 17.4. The molecule has 3 unspecified atom stereocenters. The summed E-state index contributed by atoms with van der Waals surface area (Å²) in [5.41, 5.74) is -6.72. The molecule has 5 nitrogen and oxygen atoms in total. The molecule has 0 spiro atoms. The number of halogens is 8. The van der Waals surface area contributed by atoms with Gasteiger partial charge in [-0.3, -0.25) is 4.79 Å². The van der Waals surface area contributed by atoms with Crippen LogP contribution in [-0.4, -0.2) is 47.1 Å². The van der Waals surface area contributed by atoms with E-state index in [2.05, 4.69) is 0 Å². The molecular formula is C29H31F8N2O3-. The van der Waals surface area contributed by atoms with Crippen molar-refractivity contribution in [2.75, 3.05) is 13.6 Å². The lowest BCUT2D eigenvalue weighted by Crippen LogP contribution is -2.66. The Balaban J connectivity index is 2.02. The molecule has 1 aliphatic heterocycles. The maximum Gasteiger partial charge on any atom is 0.416 e. The molecule has 1 aliphatic rings. The van der Waals surface area contributed by atoms with Crippen molar-refractivity contribution in [2.24, 2.45) is 5.41 Å². The van der Waals surface area contributed by atoms with Crippen molar-refractivity contribution in [3.63, 3.8) is 0 Å². The minimum atomic E-state index is -5.08. The Morgan fingerprint density at radius 2 is 1.52 bits per heavy atom. The highest BCUT2D eigenvalue weighted by Crippen LogP contribution is 2.50. The van der Waals surface area contributed by atoms with Crippen molar-refractivity contribution in [1.82, 2.24) is 9.80 Å². The number of nitrogens with zero attached hydrogens (tertiary/aromatic N) is 2. The van der Waals surface area contributed by atoms with E-state index in [4.69, 9.17) is 0 Å². The smallest absolute Gasteiger partial charge is 0.416 e. The average molecular weight is 608 g/mol. The molecule has 0 aliphatic carbocycles. The zero-order chi connectivity index (χ0) is 31.8. The highest BCUT2D eigenvalue weighted by molar-refractivity contribution is 5.77. The van der Waals surface area contributed by atoms with Gasteiger partial charge in [0.2, 0.25) is 5.91 Å². The first-order valence-electron chi connectivity index (χ1n) is 13.1. The average Bonchev–Trinajstić information content (AvgIpc) is 2.85. The van der Waals surface area contributed by atoms with E-state index in [0.717, 1.165) is 29.0 Å². The molecule has 0 saturated carbocycles. The number of hydrogen-bond donors (Lipinski definition) is 0. The van der Waals surface area contributed by atoms with Crippen molar-refractivity contribution in [3.05, 3.63) is 70.5 Å². The number of rotatable bonds is 6. The number of alkyl halides is 7. The lowest BCUT2D eigenvalue weighted by molar-refractivity contribution is -0.276. The van der Waals surface area contributed by atoms with Gasteiger partial charge in [-0.05, 0) is 59.7 Å². The van der Waals surface area contributed by atoms with Crippen LogP contribution in [-0.2, 0) is 23.7 Å². The summed E-state index contributed by atoms with van der Waals surface area (Å²) in [5, 5.41) is 12.0. The Kier molecular flexibility index (Phi) is 9.24. The second kappa shape index (κ2) is 11.7. The molecule has 3 rings (SSSR count). The molecule has 2 aromatic rings. The van der Waals surface area contributed by atoms with Crippen LogP contribution >= 0.6 is 0 Å². The highest BCUT2D eigenvalue weighted by Gasteiger charge is 2.56. The van der Waals surface area contributed by atoms with Gasteiger partial charge in [-0.15, -0.1) is 0 Å². The van der Waals surface area contributed by atoms with Crippen molar-refractivity contribution in [2.45, 2.75) is 76.6 Å². The normalized spacial score (nSPS) is 20.8. The molecule has 13 heteroatoms. The third-order valence-corrected chi connectivity index (χ3v) is 7.50. The van der Waals surface area contributed by atoms with Gasteiger partial charge >= 0.3 is 12.4 Å². The van der Waals surface area contributed by atoms with Crippen LogP contribution in [0.2, 0.25) is 0 Å². The predicted octanol–water partition coefficient (Wildman–Crippen LogP) is 6.56. The van der Waals surface area contributed by atoms with Crippen LogP contribution in [0.25, 0.3) is 0 Å². The van der Waals surface area contributed by atoms with Gasteiger partial charge in [0.05, 0.1) is 17.2 Å². The van der Waals surface area contributed by atoms with Crippen molar-refractivity contribution in [3.8, 4) is 0 Å². The van der Waals surface area contributed by atoms with Crippen LogP contribution in [0.15, 0.2) is 42.5 Å². The monoisotopic (exact) mass is 607 g/mol. The molecular weight excluding hydrogens is 576 g/mol. The zero-order valence-electron chi connectivity index (χ0n) is 23.4. The topological polar surface area (TPSA) is 63.7 Å². The Morgan fingerprint density at radius 1 is 1.00 bits per heavy atom.